The zero-order valence-corrected chi connectivity index (χ0v) is 27.3. The predicted octanol–water partition coefficient (Wildman–Crippen LogP) is 5.94. The van der Waals surface area contributed by atoms with Crippen molar-refractivity contribution in [3.8, 4) is 16.2 Å². The monoisotopic (exact) mass is 690 g/mol. The fourth-order valence-electron chi connectivity index (χ4n) is 4.72. The van der Waals surface area contributed by atoms with E-state index in [9.17, 15) is 18.0 Å². The second kappa shape index (κ2) is 15.0. The molecule has 0 aliphatic carbocycles. The molecule has 0 amide bonds. The number of ether oxygens (including phenoxy) is 3. The summed E-state index contributed by atoms with van der Waals surface area (Å²) in [5.74, 6) is -1.20. The largest absolute Gasteiger partial charge is 0.479 e. The molecule has 0 bridgehead atoms. The second-order valence-corrected chi connectivity index (χ2v) is 13.8. The maximum atomic E-state index is 14.0. The quantitative estimate of drug-likeness (QED) is 0.173. The van der Waals surface area contributed by atoms with Crippen molar-refractivity contribution < 1.29 is 32.2 Å². The van der Waals surface area contributed by atoms with Crippen molar-refractivity contribution in [3.05, 3.63) is 82.2 Å². The van der Waals surface area contributed by atoms with Crippen LogP contribution in [0.5, 0.6) is 5.75 Å². The Kier molecular flexibility index (Phi) is 11.4. The highest BCUT2D eigenvalue weighted by Gasteiger charge is 2.32. The lowest BCUT2D eigenvalue weighted by Crippen LogP contribution is -2.46. The van der Waals surface area contributed by atoms with Crippen LogP contribution in [0.25, 0.3) is 10.4 Å². The molecule has 0 unspecified atom stereocenters. The van der Waals surface area contributed by atoms with Gasteiger partial charge in [-0.25, -0.2) is 18.0 Å². The summed E-state index contributed by atoms with van der Waals surface area (Å²) in [4.78, 5) is 26.0. The molecule has 4 rings (SSSR count). The molecule has 230 valence electrons. The first-order chi connectivity index (χ1) is 20.6. The Bertz CT molecular complexity index is 1530. The number of anilines is 1. The van der Waals surface area contributed by atoms with Crippen molar-refractivity contribution in [1.82, 2.24) is 5.32 Å². The van der Waals surface area contributed by atoms with E-state index in [0.717, 1.165) is 24.4 Å². The molecular weight excluding hydrogens is 656 g/mol. The Morgan fingerprint density at radius 2 is 1.86 bits per heavy atom. The van der Waals surface area contributed by atoms with Crippen LogP contribution in [0.4, 0.5) is 5.69 Å². The van der Waals surface area contributed by atoms with Crippen LogP contribution in [-0.4, -0.2) is 58.8 Å². The van der Waals surface area contributed by atoms with Crippen LogP contribution in [0, 0.1) is 0 Å². The van der Waals surface area contributed by atoms with E-state index in [1.54, 1.807) is 36.4 Å². The number of thiophene rings is 1. The third-order valence-corrected chi connectivity index (χ3v) is 10.6. The molecule has 1 N–H and O–H groups in total. The van der Waals surface area contributed by atoms with Gasteiger partial charge in [0.25, 0.3) is 0 Å². The molecule has 0 saturated carbocycles. The molecule has 1 aliphatic rings. The minimum absolute atomic E-state index is 0.0357. The zero-order valence-electron chi connectivity index (χ0n) is 24.1. The molecule has 0 spiro atoms. The molecule has 2 heterocycles. The zero-order chi connectivity index (χ0) is 31.0. The summed E-state index contributed by atoms with van der Waals surface area (Å²) >= 11 is 4.70. The van der Waals surface area contributed by atoms with Crippen LogP contribution in [0.2, 0.25) is 0 Å². The summed E-state index contributed by atoms with van der Waals surface area (Å²) in [6, 6.07) is 16.1. The van der Waals surface area contributed by atoms with E-state index >= 15 is 0 Å². The van der Waals surface area contributed by atoms with E-state index in [-0.39, 0.29) is 35.1 Å². The Morgan fingerprint density at radius 1 is 1.14 bits per heavy atom. The van der Waals surface area contributed by atoms with Gasteiger partial charge in [-0.2, -0.15) is 0 Å². The lowest BCUT2D eigenvalue weighted by atomic mass is 10.1. The number of benzene rings is 2. The SMILES string of the molecule is C=CCOC(=O)COc1c(C(=O)OC(C)C)sc(-c2cccc(N(C3CCNCC3)S(=O)(=O)Cc3ccccc3)c2)c1Br. The number of piperidine rings is 1. The smallest absolute Gasteiger partial charge is 0.352 e. The number of nitrogens with zero attached hydrogens (tertiary/aromatic N) is 1. The predicted molar refractivity (Wildman–Crippen MR) is 172 cm³/mol. The van der Waals surface area contributed by atoms with Gasteiger partial charge in [0.15, 0.2) is 17.2 Å². The Morgan fingerprint density at radius 3 is 2.53 bits per heavy atom. The first kappa shape index (κ1) is 32.7. The van der Waals surface area contributed by atoms with E-state index in [2.05, 4.69) is 27.8 Å². The number of carbonyl (C=O) groups is 2. The lowest BCUT2D eigenvalue weighted by Gasteiger charge is -2.35. The molecule has 0 radical (unpaired) electrons. The number of halogens is 1. The first-order valence-corrected chi connectivity index (χ1v) is 17.1. The van der Waals surface area contributed by atoms with Gasteiger partial charge in [0, 0.05) is 6.04 Å². The highest BCUT2D eigenvalue weighted by atomic mass is 79.9. The molecule has 12 heteroatoms. The van der Waals surface area contributed by atoms with Crippen LogP contribution < -0.4 is 14.4 Å². The lowest BCUT2D eigenvalue weighted by molar-refractivity contribution is -0.144. The van der Waals surface area contributed by atoms with Crippen LogP contribution in [-0.2, 0) is 30.0 Å². The number of sulfonamides is 1. The topological polar surface area (TPSA) is 111 Å². The van der Waals surface area contributed by atoms with Crippen molar-refractivity contribution in [2.45, 2.75) is 44.6 Å². The fraction of sp³-hybridized carbons (Fsp3) is 0.355. The third kappa shape index (κ3) is 8.47. The van der Waals surface area contributed by atoms with E-state index < -0.39 is 28.6 Å². The molecule has 1 aromatic heterocycles. The van der Waals surface area contributed by atoms with Gasteiger partial charge in [-0.05, 0) is 79.0 Å². The van der Waals surface area contributed by atoms with Crippen molar-refractivity contribution in [2.24, 2.45) is 0 Å². The van der Waals surface area contributed by atoms with Gasteiger partial charge in [-0.3, -0.25) is 4.31 Å². The Balaban J connectivity index is 1.74. The minimum Gasteiger partial charge on any atom is -0.479 e. The normalized spacial score (nSPS) is 13.9. The van der Waals surface area contributed by atoms with Crippen LogP contribution in [0.1, 0.15) is 41.9 Å². The minimum atomic E-state index is -3.75. The second-order valence-electron chi connectivity index (χ2n) is 10.2. The number of nitrogens with one attached hydrogen (secondary N) is 1. The first-order valence-electron chi connectivity index (χ1n) is 13.9. The standard InChI is InChI=1S/C31H35BrN2O7S2/c1-4-17-39-26(35)19-40-28-27(32)29(42-30(28)31(36)41-21(2)3)23-11-8-12-25(18-23)34(24-13-15-33-16-14-24)43(37,38)20-22-9-6-5-7-10-22/h4-12,18,21,24,33H,1,13-17,19-20H2,2-3H3. The van der Waals surface area contributed by atoms with E-state index in [4.69, 9.17) is 14.2 Å². The summed E-state index contributed by atoms with van der Waals surface area (Å²) in [6.07, 6.45) is 2.42. The summed E-state index contributed by atoms with van der Waals surface area (Å²) in [5.41, 5.74) is 1.91. The number of esters is 2. The number of hydrogen-bond donors (Lipinski definition) is 1. The highest BCUT2D eigenvalue weighted by Crippen LogP contribution is 2.47. The number of hydrogen-bond acceptors (Lipinski definition) is 9. The van der Waals surface area contributed by atoms with Crippen molar-refractivity contribution in [2.75, 3.05) is 30.6 Å². The van der Waals surface area contributed by atoms with Gasteiger partial charge in [0.2, 0.25) is 10.0 Å². The van der Waals surface area contributed by atoms with E-state index in [0.29, 0.717) is 39.0 Å². The molecule has 0 atom stereocenters. The maximum Gasteiger partial charge on any atom is 0.352 e. The Hall–Kier alpha value is -3.19. The summed E-state index contributed by atoms with van der Waals surface area (Å²) in [6.45, 7) is 8.05. The van der Waals surface area contributed by atoms with Crippen LogP contribution in [0.3, 0.4) is 0 Å². The van der Waals surface area contributed by atoms with E-state index in [1.165, 1.54) is 6.08 Å². The van der Waals surface area contributed by atoms with Crippen molar-refractivity contribution in [3.63, 3.8) is 0 Å². The average Bonchev–Trinajstić information content (AvgIpc) is 3.31. The van der Waals surface area contributed by atoms with Gasteiger partial charge in [0.1, 0.15) is 6.61 Å². The maximum absolute atomic E-state index is 14.0. The highest BCUT2D eigenvalue weighted by molar-refractivity contribution is 9.10. The van der Waals surface area contributed by atoms with Crippen LogP contribution >= 0.6 is 27.3 Å². The summed E-state index contributed by atoms with van der Waals surface area (Å²) in [5, 5.41) is 3.31. The molecule has 43 heavy (non-hydrogen) atoms. The molecule has 3 aromatic rings. The molecule has 9 nitrogen and oxygen atoms in total. The van der Waals surface area contributed by atoms with Gasteiger partial charge in [0.05, 0.1) is 26.9 Å². The Labute approximate surface area is 265 Å². The van der Waals surface area contributed by atoms with Crippen molar-refractivity contribution in [1.29, 1.82) is 0 Å². The molecule has 2 aromatic carbocycles. The number of rotatable bonds is 13. The molecule has 1 saturated heterocycles. The fourth-order valence-corrected chi connectivity index (χ4v) is 8.50. The number of carbonyl (C=O) groups excluding carboxylic acids is 2. The van der Waals surface area contributed by atoms with Gasteiger partial charge in [-0.1, -0.05) is 55.1 Å². The molecular formula is C31H35BrN2O7S2. The molecule has 1 aliphatic heterocycles. The van der Waals surface area contributed by atoms with E-state index in [1.807, 2.05) is 36.4 Å². The summed E-state index contributed by atoms with van der Waals surface area (Å²) in [7, 11) is -3.75. The van der Waals surface area contributed by atoms with Gasteiger partial charge < -0.3 is 19.5 Å². The van der Waals surface area contributed by atoms with Crippen LogP contribution in [0.15, 0.2) is 71.7 Å². The third-order valence-electron chi connectivity index (χ3n) is 6.53. The van der Waals surface area contributed by atoms with Crippen molar-refractivity contribution >= 4 is 54.9 Å². The average molecular weight is 692 g/mol. The van der Waals surface area contributed by atoms with Gasteiger partial charge in [-0.15, -0.1) is 11.3 Å². The summed E-state index contributed by atoms with van der Waals surface area (Å²) < 4.78 is 46.1. The van der Waals surface area contributed by atoms with Gasteiger partial charge >= 0.3 is 11.9 Å². The molecule has 1 fully saturated rings.